The molecule has 0 radical (unpaired) electrons. The zero-order valence-corrected chi connectivity index (χ0v) is 8.63. The van der Waals surface area contributed by atoms with Crippen molar-refractivity contribution < 1.29 is 14.6 Å². The molecular weight excluding hydrogens is 226 g/mol. The fraction of sp³-hybridized carbons (Fsp3) is 0.857. The van der Waals surface area contributed by atoms with Gasteiger partial charge in [-0.3, -0.25) is 4.79 Å². The average molecular weight is 240 g/mol. The molecule has 0 bridgehead atoms. The van der Waals surface area contributed by atoms with E-state index in [-0.39, 0.29) is 17.4 Å². The lowest BCUT2D eigenvalue weighted by atomic mass is 10.4. The molecule has 0 aromatic carbocycles. The predicted octanol–water partition coefficient (Wildman–Crippen LogP) is -0.105. The first kappa shape index (κ1) is 11.9. The average Bonchev–Trinajstić information content (AvgIpc) is 2.10. The third-order valence-electron chi connectivity index (χ3n) is 1.29. The summed E-state index contributed by atoms with van der Waals surface area (Å²) in [5.74, 6) is -0.286. The highest BCUT2D eigenvalue weighted by Crippen LogP contribution is 1.99. The molecule has 0 fully saturated rings. The number of carbonyl (C=O) groups is 1. The maximum atomic E-state index is 10.8. The van der Waals surface area contributed by atoms with Crippen molar-refractivity contribution >= 4 is 21.9 Å². The second-order valence-corrected chi connectivity index (χ2v) is 3.38. The smallest absolute Gasteiger partial charge is 0.320 e. The molecule has 0 amide bonds. The van der Waals surface area contributed by atoms with Gasteiger partial charge in [-0.15, -0.1) is 0 Å². The minimum absolute atomic E-state index is 0.165. The van der Waals surface area contributed by atoms with Crippen LogP contribution in [-0.4, -0.2) is 42.7 Å². The van der Waals surface area contributed by atoms with E-state index in [1.165, 1.54) is 7.11 Å². The summed E-state index contributed by atoms with van der Waals surface area (Å²) in [4.78, 5) is 10.5. The summed E-state index contributed by atoms with van der Waals surface area (Å²) in [6, 6.07) is 0. The number of aliphatic hydroxyl groups excluding tert-OH is 1. The van der Waals surface area contributed by atoms with Crippen molar-refractivity contribution in [1.29, 1.82) is 0 Å². The maximum absolute atomic E-state index is 10.8. The molecule has 72 valence electrons. The highest BCUT2D eigenvalue weighted by Gasteiger charge is 2.13. The quantitative estimate of drug-likeness (QED) is 0.386. The Morgan fingerprint density at radius 1 is 1.75 bits per heavy atom. The van der Waals surface area contributed by atoms with Crippen LogP contribution < -0.4 is 5.32 Å². The van der Waals surface area contributed by atoms with E-state index in [4.69, 9.17) is 5.11 Å². The van der Waals surface area contributed by atoms with Crippen LogP contribution in [0.5, 0.6) is 0 Å². The highest BCUT2D eigenvalue weighted by atomic mass is 79.9. The minimum Gasteiger partial charge on any atom is -0.468 e. The summed E-state index contributed by atoms with van der Waals surface area (Å²) in [6.07, 6.45) is 0.695. The number of hydrogen-bond acceptors (Lipinski definition) is 4. The van der Waals surface area contributed by atoms with E-state index in [0.717, 1.165) is 0 Å². The molecule has 5 heteroatoms. The van der Waals surface area contributed by atoms with Crippen molar-refractivity contribution in [3.63, 3.8) is 0 Å². The van der Waals surface area contributed by atoms with Crippen LogP contribution >= 0.6 is 15.9 Å². The molecule has 0 rings (SSSR count). The summed E-state index contributed by atoms with van der Waals surface area (Å²) in [7, 11) is 1.35. The van der Waals surface area contributed by atoms with Gasteiger partial charge < -0.3 is 15.2 Å². The largest absolute Gasteiger partial charge is 0.468 e. The van der Waals surface area contributed by atoms with Crippen molar-refractivity contribution in [1.82, 2.24) is 5.32 Å². The Kier molecular flexibility index (Phi) is 7.43. The van der Waals surface area contributed by atoms with Crippen molar-refractivity contribution in [3.8, 4) is 0 Å². The summed E-state index contributed by atoms with van der Waals surface area (Å²) < 4.78 is 4.49. The number of esters is 1. The molecular formula is C7H14BrNO3. The van der Waals surface area contributed by atoms with Gasteiger partial charge in [0.15, 0.2) is 0 Å². The molecule has 0 saturated carbocycles. The van der Waals surface area contributed by atoms with Crippen LogP contribution in [0.1, 0.15) is 6.42 Å². The van der Waals surface area contributed by atoms with Crippen molar-refractivity contribution in [2.45, 2.75) is 11.2 Å². The summed E-state index contributed by atoms with van der Waals surface area (Å²) in [5.41, 5.74) is 0. The van der Waals surface area contributed by atoms with Crippen LogP contribution in [0, 0.1) is 0 Å². The van der Waals surface area contributed by atoms with E-state index < -0.39 is 0 Å². The predicted molar refractivity (Wildman–Crippen MR) is 49.3 cm³/mol. The fourth-order valence-corrected chi connectivity index (χ4v) is 1.06. The number of aliphatic hydroxyl groups is 1. The number of nitrogens with one attached hydrogen (secondary N) is 1. The molecule has 0 aromatic heterocycles. The first-order chi connectivity index (χ1) is 5.72. The standard InChI is InChI=1S/C7H14BrNO3/c1-12-7(11)6(8)5-9-3-2-4-10/h6,9-10H,2-5H2,1H3. The molecule has 0 aliphatic heterocycles. The van der Waals surface area contributed by atoms with Gasteiger partial charge in [0.05, 0.1) is 7.11 Å². The molecule has 1 unspecified atom stereocenters. The number of rotatable bonds is 6. The van der Waals surface area contributed by atoms with Crippen LogP contribution in [0.3, 0.4) is 0 Å². The lowest BCUT2D eigenvalue weighted by molar-refractivity contribution is -0.139. The Bertz CT molecular complexity index is 132. The Morgan fingerprint density at radius 2 is 2.42 bits per heavy atom. The highest BCUT2D eigenvalue weighted by molar-refractivity contribution is 9.10. The monoisotopic (exact) mass is 239 g/mol. The Labute approximate surface area is 80.4 Å². The van der Waals surface area contributed by atoms with Crippen LogP contribution in [0.15, 0.2) is 0 Å². The first-order valence-electron chi connectivity index (χ1n) is 3.75. The van der Waals surface area contributed by atoms with Crippen LogP contribution in [0.2, 0.25) is 0 Å². The van der Waals surface area contributed by atoms with Crippen molar-refractivity contribution in [3.05, 3.63) is 0 Å². The number of halogens is 1. The summed E-state index contributed by atoms with van der Waals surface area (Å²) in [5, 5.41) is 11.4. The lowest BCUT2D eigenvalue weighted by Crippen LogP contribution is -2.30. The number of hydrogen-bond donors (Lipinski definition) is 2. The normalized spacial score (nSPS) is 12.6. The summed E-state index contributed by atoms with van der Waals surface area (Å²) >= 11 is 3.16. The van der Waals surface area contributed by atoms with Gasteiger partial charge in [0, 0.05) is 13.2 Å². The van der Waals surface area contributed by atoms with Gasteiger partial charge in [0.1, 0.15) is 4.83 Å². The molecule has 0 aliphatic rings. The molecule has 0 saturated heterocycles. The molecule has 1 atom stereocenters. The molecule has 12 heavy (non-hydrogen) atoms. The zero-order chi connectivity index (χ0) is 9.40. The number of ether oxygens (including phenoxy) is 1. The molecule has 0 spiro atoms. The molecule has 0 aliphatic carbocycles. The third-order valence-corrected chi connectivity index (χ3v) is 1.99. The van der Waals surface area contributed by atoms with Crippen molar-refractivity contribution in [2.75, 3.05) is 26.8 Å². The number of alkyl halides is 1. The van der Waals surface area contributed by atoms with Gasteiger partial charge in [-0.2, -0.15) is 0 Å². The Morgan fingerprint density at radius 3 is 2.92 bits per heavy atom. The van der Waals surface area contributed by atoms with Crippen LogP contribution in [0.25, 0.3) is 0 Å². The van der Waals surface area contributed by atoms with Gasteiger partial charge in [0.2, 0.25) is 0 Å². The number of carbonyl (C=O) groups excluding carboxylic acids is 1. The van der Waals surface area contributed by atoms with Crippen molar-refractivity contribution in [2.24, 2.45) is 0 Å². The summed E-state index contributed by atoms with van der Waals surface area (Å²) in [6.45, 7) is 1.39. The van der Waals surface area contributed by atoms with Crippen LogP contribution in [0.4, 0.5) is 0 Å². The van der Waals surface area contributed by atoms with Crippen LogP contribution in [-0.2, 0) is 9.53 Å². The molecule has 4 nitrogen and oxygen atoms in total. The van der Waals surface area contributed by atoms with E-state index in [2.05, 4.69) is 26.0 Å². The Balaban J connectivity index is 3.31. The topological polar surface area (TPSA) is 58.6 Å². The first-order valence-corrected chi connectivity index (χ1v) is 4.67. The van der Waals surface area contributed by atoms with Gasteiger partial charge in [-0.25, -0.2) is 0 Å². The lowest BCUT2D eigenvalue weighted by Gasteiger charge is -2.07. The van der Waals surface area contributed by atoms with E-state index >= 15 is 0 Å². The Hall–Kier alpha value is -0.130. The molecule has 0 heterocycles. The SMILES string of the molecule is COC(=O)C(Br)CNCCCO. The van der Waals surface area contributed by atoms with E-state index in [0.29, 0.717) is 19.5 Å². The van der Waals surface area contributed by atoms with Gasteiger partial charge >= 0.3 is 5.97 Å². The van der Waals surface area contributed by atoms with E-state index in [1.807, 2.05) is 0 Å². The number of methoxy groups -OCH3 is 1. The second-order valence-electron chi connectivity index (χ2n) is 2.27. The van der Waals surface area contributed by atoms with Gasteiger partial charge in [0.25, 0.3) is 0 Å². The molecule has 0 aromatic rings. The zero-order valence-electron chi connectivity index (χ0n) is 7.05. The van der Waals surface area contributed by atoms with E-state index in [1.54, 1.807) is 0 Å². The maximum Gasteiger partial charge on any atom is 0.320 e. The second kappa shape index (κ2) is 7.52. The molecule has 2 N–H and O–H groups in total. The van der Waals surface area contributed by atoms with Gasteiger partial charge in [-0.05, 0) is 13.0 Å². The minimum atomic E-state index is -0.304. The fourth-order valence-electron chi connectivity index (χ4n) is 0.644. The van der Waals surface area contributed by atoms with Gasteiger partial charge in [-0.1, -0.05) is 15.9 Å². The third kappa shape index (κ3) is 5.51. The van der Waals surface area contributed by atoms with E-state index in [9.17, 15) is 4.79 Å².